The first-order chi connectivity index (χ1) is 11.5. The van der Waals surface area contributed by atoms with E-state index in [1.807, 2.05) is 12.1 Å². The van der Waals surface area contributed by atoms with Crippen LogP contribution in [-0.2, 0) is 11.2 Å². The van der Waals surface area contributed by atoms with Crippen molar-refractivity contribution in [3.63, 3.8) is 0 Å². The molecule has 1 amide bonds. The van der Waals surface area contributed by atoms with E-state index in [9.17, 15) is 13.6 Å². The van der Waals surface area contributed by atoms with Gasteiger partial charge in [0.25, 0.3) is 0 Å². The molecular formula is C18H16ClF2NO2. The molecule has 0 heterocycles. The van der Waals surface area contributed by atoms with Gasteiger partial charge in [-0.1, -0.05) is 35.9 Å². The Labute approximate surface area is 143 Å². The number of halogens is 3. The third-order valence-corrected chi connectivity index (χ3v) is 3.41. The molecular weight excluding hydrogens is 336 g/mol. The molecule has 0 atom stereocenters. The third-order valence-electron chi connectivity index (χ3n) is 3.16. The monoisotopic (exact) mass is 351 g/mol. The van der Waals surface area contributed by atoms with Crippen molar-refractivity contribution < 1.29 is 18.3 Å². The largest absolute Gasteiger partial charge is 0.435 e. The predicted octanol–water partition coefficient (Wildman–Crippen LogP) is 4.31. The van der Waals surface area contributed by atoms with Crippen molar-refractivity contribution in [3.05, 3.63) is 70.8 Å². The fourth-order valence-electron chi connectivity index (χ4n) is 1.97. The van der Waals surface area contributed by atoms with Gasteiger partial charge in [-0.25, -0.2) is 0 Å². The van der Waals surface area contributed by atoms with Gasteiger partial charge in [-0.05, 0) is 47.9 Å². The Bertz CT molecular complexity index is 685. The van der Waals surface area contributed by atoms with Crippen molar-refractivity contribution in [1.29, 1.82) is 0 Å². The van der Waals surface area contributed by atoms with Gasteiger partial charge in [0.15, 0.2) is 0 Å². The molecule has 2 aromatic carbocycles. The molecule has 1 N–H and O–H groups in total. The van der Waals surface area contributed by atoms with Crippen LogP contribution in [0.15, 0.2) is 54.6 Å². The number of rotatable bonds is 7. The van der Waals surface area contributed by atoms with Gasteiger partial charge in [-0.15, -0.1) is 0 Å². The molecule has 0 aliphatic rings. The summed E-state index contributed by atoms with van der Waals surface area (Å²) >= 11 is 5.81. The average molecular weight is 352 g/mol. The van der Waals surface area contributed by atoms with E-state index in [1.165, 1.54) is 18.2 Å². The molecule has 2 rings (SSSR count). The van der Waals surface area contributed by atoms with Crippen LogP contribution in [0.2, 0.25) is 5.02 Å². The van der Waals surface area contributed by atoms with Crippen LogP contribution in [0, 0.1) is 0 Å². The number of alkyl halides is 2. The molecule has 0 aromatic heterocycles. The van der Waals surface area contributed by atoms with Crippen LogP contribution in [0.3, 0.4) is 0 Å². The molecule has 0 fully saturated rings. The van der Waals surface area contributed by atoms with Crippen LogP contribution in [-0.4, -0.2) is 19.1 Å². The number of carbonyl (C=O) groups excluding carboxylic acids is 1. The maximum atomic E-state index is 12.0. The summed E-state index contributed by atoms with van der Waals surface area (Å²) in [6, 6.07) is 13.5. The molecule has 0 bridgehead atoms. The van der Waals surface area contributed by atoms with Gasteiger partial charge >= 0.3 is 6.61 Å². The fourth-order valence-corrected chi connectivity index (χ4v) is 2.10. The van der Waals surface area contributed by atoms with Crippen molar-refractivity contribution >= 4 is 23.6 Å². The summed E-state index contributed by atoms with van der Waals surface area (Å²) in [6.07, 6.45) is 3.70. The SMILES string of the molecule is O=C(/C=C/c1ccc(OC(F)F)cc1)NCCc1ccc(Cl)cc1. The summed E-state index contributed by atoms with van der Waals surface area (Å²) in [4.78, 5) is 11.7. The summed E-state index contributed by atoms with van der Waals surface area (Å²) in [5.41, 5.74) is 1.79. The van der Waals surface area contributed by atoms with E-state index in [0.29, 0.717) is 23.6 Å². The van der Waals surface area contributed by atoms with Gasteiger partial charge in [-0.2, -0.15) is 8.78 Å². The molecule has 126 valence electrons. The highest BCUT2D eigenvalue weighted by atomic mass is 35.5. The molecule has 0 aliphatic heterocycles. The van der Waals surface area contributed by atoms with E-state index in [0.717, 1.165) is 5.56 Å². The molecule has 24 heavy (non-hydrogen) atoms. The smallest absolute Gasteiger partial charge is 0.387 e. The van der Waals surface area contributed by atoms with Gasteiger partial charge in [0.2, 0.25) is 5.91 Å². The number of ether oxygens (including phenoxy) is 1. The van der Waals surface area contributed by atoms with Gasteiger partial charge in [0.1, 0.15) is 5.75 Å². The Morgan fingerprint density at radius 1 is 1.12 bits per heavy atom. The van der Waals surface area contributed by atoms with Crippen LogP contribution in [0.25, 0.3) is 6.08 Å². The third kappa shape index (κ3) is 6.38. The summed E-state index contributed by atoms with van der Waals surface area (Å²) in [6.45, 7) is -2.34. The van der Waals surface area contributed by atoms with Crippen molar-refractivity contribution in [3.8, 4) is 5.75 Å². The zero-order valence-electron chi connectivity index (χ0n) is 12.7. The molecule has 0 aliphatic carbocycles. The lowest BCUT2D eigenvalue weighted by Crippen LogP contribution is -2.23. The van der Waals surface area contributed by atoms with E-state index in [2.05, 4.69) is 10.1 Å². The first kappa shape index (κ1) is 17.9. The van der Waals surface area contributed by atoms with E-state index in [-0.39, 0.29) is 11.7 Å². The van der Waals surface area contributed by atoms with Crippen molar-refractivity contribution in [2.24, 2.45) is 0 Å². The number of amides is 1. The summed E-state index contributed by atoms with van der Waals surface area (Å²) < 4.78 is 28.3. The minimum atomic E-state index is -2.85. The molecule has 0 spiro atoms. The lowest BCUT2D eigenvalue weighted by atomic mass is 10.1. The van der Waals surface area contributed by atoms with Gasteiger partial charge in [-0.3, -0.25) is 4.79 Å². The minimum absolute atomic E-state index is 0.0783. The summed E-state index contributed by atoms with van der Waals surface area (Å²) in [7, 11) is 0. The maximum absolute atomic E-state index is 12.0. The first-order valence-corrected chi connectivity index (χ1v) is 7.66. The van der Waals surface area contributed by atoms with Crippen LogP contribution >= 0.6 is 11.6 Å². The van der Waals surface area contributed by atoms with E-state index in [1.54, 1.807) is 30.3 Å². The minimum Gasteiger partial charge on any atom is -0.435 e. The number of hydrogen-bond acceptors (Lipinski definition) is 2. The highest BCUT2D eigenvalue weighted by Crippen LogP contribution is 2.15. The Hall–Kier alpha value is -2.40. The summed E-state index contributed by atoms with van der Waals surface area (Å²) in [5.74, 6) is -0.147. The highest BCUT2D eigenvalue weighted by molar-refractivity contribution is 6.30. The van der Waals surface area contributed by atoms with E-state index < -0.39 is 6.61 Å². The average Bonchev–Trinajstić information content (AvgIpc) is 2.55. The topological polar surface area (TPSA) is 38.3 Å². The summed E-state index contributed by atoms with van der Waals surface area (Å²) in [5, 5.41) is 3.45. The van der Waals surface area contributed by atoms with E-state index in [4.69, 9.17) is 11.6 Å². The Balaban J connectivity index is 1.76. The van der Waals surface area contributed by atoms with Crippen molar-refractivity contribution in [1.82, 2.24) is 5.32 Å². The maximum Gasteiger partial charge on any atom is 0.387 e. The Kier molecular flexibility index (Phi) is 6.75. The zero-order valence-corrected chi connectivity index (χ0v) is 13.5. The number of hydrogen-bond donors (Lipinski definition) is 1. The second-order valence-corrected chi connectivity index (χ2v) is 5.38. The Morgan fingerprint density at radius 3 is 2.42 bits per heavy atom. The van der Waals surface area contributed by atoms with Crippen molar-refractivity contribution in [2.45, 2.75) is 13.0 Å². The quantitative estimate of drug-likeness (QED) is 0.755. The van der Waals surface area contributed by atoms with Gasteiger partial charge in [0, 0.05) is 17.6 Å². The lowest BCUT2D eigenvalue weighted by molar-refractivity contribution is -0.116. The second kappa shape index (κ2) is 9.03. The molecule has 2 aromatic rings. The van der Waals surface area contributed by atoms with Crippen LogP contribution < -0.4 is 10.1 Å². The molecule has 0 saturated carbocycles. The van der Waals surface area contributed by atoms with Gasteiger partial charge in [0.05, 0.1) is 0 Å². The predicted molar refractivity (Wildman–Crippen MR) is 90.3 cm³/mol. The number of benzene rings is 2. The molecule has 0 saturated heterocycles. The Morgan fingerprint density at radius 2 is 1.79 bits per heavy atom. The zero-order chi connectivity index (χ0) is 17.4. The van der Waals surface area contributed by atoms with Gasteiger partial charge < -0.3 is 10.1 Å². The molecule has 0 radical (unpaired) electrons. The van der Waals surface area contributed by atoms with Crippen LogP contribution in [0.5, 0.6) is 5.75 Å². The van der Waals surface area contributed by atoms with E-state index >= 15 is 0 Å². The van der Waals surface area contributed by atoms with Crippen LogP contribution in [0.1, 0.15) is 11.1 Å². The number of nitrogens with one attached hydrogen (secondary N) is 1. The molecule has 0 unspecified atom stereocenters. The molecule has 3 nitrogen and oxygen atoms in total. The number of carbonyl (C=O) groups is 1. The lowest BCUT2D eigenvalue weighted by Gasteiger charge is -2.04. The second-order valence-electron chi connectivity index (χ2n) is 4.95. The standard InChI is InChI=1S/C18H16ClF2NO2/c19-15-6-1-14(2-7-15)11-12-22-17(23)10-5-13-3-8-16(9-4-13)24-18(20)21/h1-10,18H,11-12H2,(H,22,23)/b10-5+. The highest BCUT2D eigenvalue weighted by Gasteiger charge is 2.03. The first-order valence-electron chi connectivity index (χ1n) is 7.28. The fraction of sp³-hybridized carbons (Fsp3) is 0.167. The normalized spacial score (nSPS) is 11.0. The van der Waals surface area contributed by atoms with Crippen molar-refractivity contribution in [2.75, 3.05) is 6.54 Å². The molecule has 6 heteroatoms. The van der Waals surface area contributed by atoms with Crippen LogP contribution in [0.4, 0.5) is 8.78 Å².